The van der Waals surface area contributed by atoms with Crippen LogP contribution in [-0.2, 0) is 9.53 Å². The van der Waals surface area contributed by atoms with E-state index in [0.29, 0.717) is 10.6 Å². The van der Waals surface area contributed by atoms with Crippen LogP contribution in [0.5, 0.6) is 0 Å². The number of methoxy groups -OCH3 is 1. The van der Waals surface area contributed by atoms with Gasteiger partial charge in [-0.1, -0.05) is 36.4 Å². The van der Waals surface area contributed by atoms with Gasteiger partial charge in [-0.3, -0.25) is 9.69 Å². The number of esters is 1. The molecule has 2 aromatic heterocycles. The number of rotatable bonds is 6. The van der Waals surface area contributed by atoms with Crippen LogP contribution in [-0.4, -0.2) is 61.6 Å². The molecule has 1 fully saturated rings. The van der Waals surface area contributed by atoms with Gasteiger partial charge in [-0.2, -0.15) is 0 Å². The highest BCUT2D eigenvalue weighted by Crippen LogP contribution is 2.40. The number of thiophene rings is 1. The van der Waals surface area contributed by atoms with Crippen LogP contribution in [0.2, 0.25) is 0 Å². The number of amides is 1. The predicted octanol–water partition coefficient (Wildman–Crippen LogP) is 3.67. The Hall–Kier alpha value is -3.23. The first-order chi connectivity index (χ1) is 15.6. The van der Waals surface area contributed by atoms with Crippen molar-refractivity contribution in [3.8, 4) is 11.1 Å². The molecule has 166 valence electrons. The molecule has 4 rings (SSSR count). The SMILES string of the molecule is COC(=O)c1c(NC(=O)CN2CCN(c3ccccn3)CC2)sc(C)c1-c1ccccc1. The largest absolute Gasteiger partial charge is 0.465 e. The molecule has 1 N–H and O–H groups in total. The molecule has 3 aromatic rings. The zero-order chi connectivity index (χ0) is 22.5. The molecule has 0 radical (unpaired) electrons. The third kappa shape index (κ3) is 4.81. The van der Waals surface area contributed by atoms with Gasteiger partial charge >= 0.3 is 5.97 Å². The third-order valence-electron chi connectivity index (χ3n) is 5.50. The minimum atomic E-state index is -0.451. The second kappa shape index (κ2) is 9.93. The molecular weight excluding hydrogens is 424 g/mol. The van der Waals surface area contributed by atoms with Crippen LogP contribution in [0.4, 0.5) is 10.8 Å². The molecule has 0 unspecified atom stereocenters. The highest BCUT2D eigenvalue weighted by molar-refractivity contribution is 7.17. The lowest BCUT2D eigenvalue weighted by Crippen LogP contribution is -2.48. The van der Waals surface area contributed by atoms with Crippen LogP contribution in [0.3, 0.4) is 0 Å². The number of aromatic nitrogens is 1. The molecule has 3 heterocycles. The van der Waals surface area contributed by atoms with E-state index < -0.39 is 5.97 Å². The Balaban J connectivity index is 1.44. The summed E-state index contributed by atoms with van der Waals surface area (Å²) in [5.74, 6) is 0.372. The van der Waals surface area contributed by atoms with Crippen molar-refractivity contribution in [3.63, 3.8) is 0 Å². The van der Waals surface area contributed by atoms with Crippen molar-refractivity contribution in [2.75, 3.05) is 50.1 Å². The summed E-state index contributed by atoms with van der Waals surface area (Å²) in [5.41, 5.74) is 2.14. The van der Waals surface area contributed by atoms with Gasteiger partial charge in [-0.05, 0) is 24.6 Å². The van der Waals surface area contributed by atoms with E-state index in [1.54, 1.807) is 6.20 Å². The lowest BCUT2D eigenvalue weighted by molar-refractivity contribution is -0.117. The van der Waals surface area contributed by atoms with E-state index in [9.17, 15) is 9.59 Å². The Bertz CT molecular complexity index is 1080. The van der Waals surface area contributed by atoms with Gasteiger partial charge in [0.1, 0.15) is 16.4 Å². The van der Waals surface area contributed by atoms with Crippen molar-refractivity contribution in [1.82, 2.24) is 9.88 Å². The molecule has 0 spiro atoms. The van der Waals surface area contributed by atoms with Crippen LogP contribution < -0.4 is 10.2 Å². The van der Waals surface area contributed by atoms with Crippen molar-refractivity contribution in [1.29, 1.82) is 0 Å². The highest BCUT2D eigenvalue weighted by Gasteiger charge is 2.26. The van der Waals surface area contributed by atoms with Gasteiger partial charge in [0.25, 0.3) is 0 Å². The molecule has 7 nitrogen and oxygen atoms in total. The van der Waals surface area contributed by atoms with E-state index in [4.69, 9.17) is 4.74 Å². The average molecular weight is 451 g/mol. The first-order valence-corrected chi connectivity index (χ1v) is 11.3. The standard InChI is InChI=1S/C24H26N4O3S/c1-17-21(18-8-4-3-5-9-18)22(24(30)31-2)23(32-17)26-20(29)16-27-12-14-28(15-13-27)19-10-6-7-11-25-19/h3-11H,12-16H2,1-2H3,(H,26,29). The summed E-state index contributed by atoms with van der Waals surface area (Å²) in [7, 11) is 1.36. The molecule has 0 bridgehead atoms. The van der Waals surface area contributed by atoms with Crippen molar-refractivity contribution in [2.45, 2.75) is 6.92 Å². The number of anilines is 2. The first-order valence-electron chi connectivity index (χ1n) is 10.5. The Morgan fingerprint density at radius 2 is 1.78 bits per heavy atom. The van der Waals surface area contributed by atoms with E-state index in [2.05, 4.69) is 20.1 Å². The minimum Gasteiger partial charge on any atom is -0.465 e. The summed E-state index contributed by atoms with van der Waals surface area (Å²) in [4.78, 5) is 35.1. The van der Waals surface area contributed by atoms with Gasteiger partial charge in [-0.15, -0.1) is 11.3 Å². The van der Waals surface area contributed by atoms with E-state index in [1.807, 2.05) is 55.5 Å². The minimum absolute atomic E-state index is 0.137. The lowest BCUT2D eigenvalue weighted by atomic mass is 10.0. The number of nitrogens with one attached hydrogen (secondary N) is 1. The van der Waals surface area contributed by atoms with Crippen LogP contribution in [0.25, 0.3) is 11.1 Å². The van der Waals surface area contributed by atoms with Crippen LogP contribution in [0, 0.1) is 6.92 Å². The first kappa shape index (κ1) is 22.0. The third-order valence-corrected chi connectivity index (χ3v) is 6.52. The fraction of sp³-hybridized carbons (Fsp3) is 0.292. The molecule has 32 heavy (non-hydrogen) atoms. The molecular formula is C24H26N4O3S. The maximum Gasteiger partial charge on any atom is 0.341 e. The summed E-state index contributed by atoms with van der Waals surface area (Å²) < 4.78 is 5.03. The van der Waals surface area contributed by atoms with Crippen molar-refractivity contribution in [2.24, 2.45) is 0 Å². The Kier molecular flexibility index (Phi) is 6.82. The number of piperazine rings is 1. The fourth-order valence-corrected chi connectivity index (χ4v) is 5.01. The number of carbonyl (C=O) groups excluding carboxylic acids is 2. The molecule has 8 heteroatoms. The number of hydrogen-bond acceptors (Lipinski definition) is 7. The van der Waals surface area contributed by atoms with E-state index >= 15 is 0 Å². The van der Waals surface area contributed by atoms with Gasteiger partial charge in [0.15, 0.2) is 0 Å². The molecule has 1 aliphatic rings. The summed E-state index contributed by atoms with van der Waals surface area (Å²) in [6, 6.07) is 15.6. The van der Waals surface area contributed by atoms with Crippen molar-refractivity contribution >= 4 is 34.0 Å². The van der Waals surface area contributed by atoms with E-state index in [1.165, 1.54) is 18.4 Å². The summed E-state index contributed by atoms with van der Waals surface area (Å²) >= 11 is 1.40. The van der Waals surface area contributed by atoms with E-state index in [-0.39, 0.29) is 12.5 Å². The molecule has 1 saturated heterocycles. The van der Waals surface area contributed by atoms with Gasteiger partial charge < -0.3 is 15.0 Å². The smallest absolute Gasteiger partial charge is 0.341 e. The number of nitrogens with zero attached hydrogens (tertiary/aromatic N) is 3. The van der Waals surface area contributed by atoms with Crippen LogP contribution >= 0.6 is 11.3 Å². The quantitative estimate of drug-likeness (QED) is 0.578. The fourth-order valence-electron chi connectivity index (χ4n) is 3.93. The maximum atomic E-state index is 12.8. The number of ether oxygens (including phenoxy) is 1. The number of aryl methyl sites for hydroxylation is 1. The predicted molar refractivity (Wildman–Crippen MR) is 127 cm³/mol. The van der Waals surface area contributed by atoms with Gasteiger partial charge in [0.05, 0.1) is 13.7 Å². The molecule has 0 atom stereocenters. The number of pyridine rings is 1. The monoisotopic (exact) mass is 450 g/mol. The van der Waals surface area contributed by atoms with Crippen molar-refractivity contribution in [3.05, 3.63) is 65.2 Å². The van der Waals surface area contributed by atoms with Crippen LogP contribution in [0.1, 0.15) is 15.2 Å². The zero-order valence-corrected chi connectivity index (χ0v) is 19.0. The average Bonchev–Trinajstić information content (AvgIpc) is 3.15. The second-order valence-corrected chi connectivity index (χ2v) is 8.82. The van der Waals surface area contributed by atoms with Gasteiger partial charge in [-0.25, -0.2) is 9.78 Å². The number of benzene rings is 1. The van der Waals surface area contributed by atoms with Crippen molar-refractivity contribution < 1.29 is 14.3 Å². The van der Waals surface area contributed by atoms with Gasteiger partial charge in [0.2, 0.25) is 5.91 Å². The molecule has 0 aliphatic carbocycles. The lowest BCUT2D eigenvalue weighted by Gasteiger charge is -2.34. The van der Waals surface area contributed by atoms with Crippen LogP contribution in [0.15, 0.2) is 54.7 Å². The Morgan fingerprint density at radius 3 is 2.44 bits per heavy atom. The number of hydrogen-bond donors (Lipinski definition) is 1. The topological polar surface area (TPSA) is 74.8 Å². The van der Waals surface area contributed by atoms with E-state index in [0.717, 1.165) is 48.0 Å². The Morgan fingerprint density at radius 1 is 1.06 bits per heavy atom. The molecule has 1 aliphatic heterocycles. The summed E-state index contributed by atoms with van der Waals surface area (Å²) in [5, 5.41) is 3.49. The second-order valence-electron chi connectivity index (χ2n) is 7.59. The molecule has 1 amide bonds. The summed E-state index contributed by atoms with van der Waals surface area (Å²) in [6.07, 6.45) is 1.79. The maximum absolute atomic E-state index is 12.8. The normalized spacial score (nSPS) is 14.2. The zero-order valence-electron chi connectivity index (χ0n) is 18.2. The number of carbonyl (C=O) groups is 2. The highest BCUT2D eigenvalue weighted by atomic mass is 32.1. The summed E-state index contributed by atoms with van der Waals surface area (Å²) in [6.45, 7) is 5.39. The molecule has 1 aromatic carbocycles. The Labute approximate surface area is 191 Å². The van der Waals surface area contributed by atoms with Gasteiger partial charge in [0, 0.05) is 42.8 Å². The molecule has 0 saturated carbocycles.